The third-order valence-electron chi connectivity index (χ3n) is 3.84. The first kappa shape index (κ1) is 19.7. The van der Waals surface area contributed by atoms with Crippen LogP contribution >= 0.6 is 23.4 Å². The van der Waals surface area contributed by atoms with Gasteiger partial charge in [-0.1, -0.05) is 23.4 Å². The Bertz CT molecular complexity index is 941. The minimum absolute atomic E-state index is 0.00385. The Morgan fingerprint density at radius 3 is 2.69 bits per heavy atom. The zero-order valence-electron chi connectivity index (χ0n) is 14.3. The van der Waals surface area contributed by atoms with Crippen molar-refractivity contribution in [3.8, 4) is 6.07 Å². The number of halogens is 1. The highest BCUT2D eigenvalue weighted by atomic mass is 35.5. The minimum atomic E-state index is -0.617. The van der Waals surface area contributed by atoms with Crippen LogP contribution in [-0.2, 0) is 4.79 Å². The van der Waals surface area contributed by atoms with Crippen molar-refractivity contribution in [2.75, 3.05) is 11.1 Å². The summed E-state index contributed by atoms with van der Waals surface area (Å²) in [5, 5.41) is 23.3. The van der Waals surface area contributed by atoms with E-state index in [2.05, 4.69) is 16.4 Å². The molecule has 0 unspecified atom stereocenters. The van der Waals surface area contributed by atoms with Crippen LogP contribution in [0, 0.1) is 42.2 Å². The first-order valence-corrected chi connectivity index (χ1v) is 8.85. The van der Waals surface area contributed by atoms with E-state index in [9.17, 15) is 20.2 Å². The molecule has 0 aliphatic rings. The summed E-state index contributed by atoms with van der Waals surface area (Å²) in [6, 6.07) is 6.16. The first-order valence-electron chi connectivity index (χ1n) is 7.49. The molecule has 0 radical (unpaired) electrons. The van der Waals surface area contributed by atoms with Gasteiger partial charge in [-0.25, -0.2) is 4.98 Å². The van der Waals surface area contributed by atoms with Gasteiger partial charge in [0.15, 0.2) is 0 Å². The quantitative estimate of drug-likeness (QED) is 0.466. The van der Waals surface area contributed by atoms with Crippen LogP contribution < -0.4 is 5.32 Å². The van der Waals surface area contributed by atoms with Crippen molar-refractivity contribution in [3.63, 3.8) is 0 Å². The number of nitro groups is 1. The molecule has 134 valence electrons. The van der Waals surface area contributed by atoms with E-state index < -0.39 is 4.92 Å². The predicted molar refractivity (Wildman–Crippen MR) is 101 cm³/mol. The van der Waals surface area contributed by atoms with Crippen molar-refractivity contribution < 1.29 is 9.72 Å². The molecule has 1 N–H and O–H groups in total. The second-order valence-electron chi connectivity index (χ2n) is 5.50. The van der Waals surface area contributed by atoms with Gasteiger partial charge in [-0.15, -0.1) is 0 Å². The van der Waals surface area contributed by atoms with E-state index in [4.69, 9.17) is 11.6 Å². The number of hydrogen-bond donors (Lipinski definition) is 1. The van der Waals surface area contributed by atoms with E-state index in [-0.39, 0.29) is 28.1 Å². The van der Waals surface area contributed by atoms with Gasteiger partial charge in [-0.2, -0.15) is 5.26 Å². The third-order valence-corrected chi connectivity index (χ3v) is 5.14. The molecule has 0 saturated heterocycles. The Labute approximate surface area is 159 Å². The number of aromatic nitrogens is 1. The second kappa shape index (κ2) is 8.17. The van der Waals surface area contributed by atoms with E-state index in [1.807, 2.05) is 20.8 Å². The summed E-state index contributed by atoms with van der Waals surface area (Å²) < 4.78 is 0. The number of nitrogens with one attached hydrogen (secondary N) is 1. The van der Waals surface area contributed by atoms with Crippen molar-refractivity contribution in [2.24, 2.45) is 0 Å². The Morgan fingerprint density at radius 2 is 2.08 bits per heavy atom. The highest BCUT2D eigenvalue weighted by molar-refractivity contribution is 8.00. The third kappa shape index (κ3) is 4.31. The van der Waals surface area contributed by atoms with Crippen LogP contribution in [-0.4, -0.2) is 21.6 Å². The standard InChI is InChI=1S/C17H15ClN4O3S/c1-9-10(2)13(7-19)17(20-11(9)3)26-8-16(23)21-12-4-5-14(18)15(6-12)22(24)25/h4-6H,8H2,1-3H3,(H,21,23). The fourth-order valence-corrected chi connectivity index (χ4v) is 3.28. The maximum Gasteiger partial charge on any atom is 0.289 e. The van der Waals surface area contributed by atoms with E-state index in [0.717, 1.165) is 28.6 Å². The highest BCUT2D eigenvalue weighted by Gasteiger charge is 2.16. The lowest BCUT2D eigenvalue weighted by atomic mass is 10.1. The van der Waals surface area contributed by atoms with Gasteiger partial charge in [0, 0.05) is 17.4 Å². The van der Waals surface area contributed by atoms with Crippen LogP contribution in [0.25, 0.3) is 0 Å². The summed E-state index contributed by atoms with van der Waals surface area (Å²) in [7, 11) is 0. The molecule has 7 nitrogen and oxygen atoms in total. The molecule has 2 rings (SSSR count). The molecule has 0 aliphatic carbocycles. The molecule has 9 heteroatoms. The largest absolute Gasteiger partial charge is 0.325 e. The van der Waals surface area contributed by atoms with Gasteiger partial charge in [0.25, 0.3) is 5.69 Å². The molecule has 1 heterocycles. The van der Waals surface area contributed by atoms with Crippen LogP contribution in [0.2, 0.25) is 5.02 Å². The molecular formula is C17H15ClN4O3S. The van der Waals surface area contributed by atoms with Crippen LogP contribution in [0.15, 0.2) is 23.2 Å². The topological polar surface area (TPSA) is 109 Å². The number of rotatable bonds is 5. The fraction of sp³-hybridized carbons (Fsp3) is 0.235. The van der Waals surface area contributed by atoms with Gasteiger partial charge < -0.3 is 5.32 Å². The van der Waals surface area contributed by atoms with Gasteiger partial charge in [0.05, 0.1) is 16.2 Å². The number of thioether (sulfide) groups is 1. The molecule has 0 fully saturated rings. The number of amides is 1. The van der Waals surface area contributed by atoms with Gasteiger partial charge in [-0.05, 0) is 44.0 Å². The first-order chi connectivity index (χ1) is 12.2. The smallest absolute Gasteiger partial charge is 0.289 e. The Morgan fingerprint density at radius 1 is 1.38 bits per heavy atom. The summed E-state index contributed by atoms with van der Waals surface area (Å²) in [5.74, 6) is -0.353. The number of hydrogen-bond acceptors (Lipinski definition) is 6. The average Bonchev–Trinajstić information content (AvgIpc) is 2.59. The molecule has 0 atom stereocenters. The number of carbonyl (C=O) groups excluding carboxylic acids is 1. The summed E-state index contributed by atoms with van der Waals surface area (Å²) in [4.78, 5) is 26.8. The molecule has 0 aliphatic heterocycles. The minimum Gasteiger partial charge on any atom is -0.325 e. The second-order valence-corrected chi connectivity index (χ2v) is 6.87. The van der Waals surface area contributed by atoms with E-state index in [1.54, 1.807) is 0 Å². The zero-order valence-corrected chi connectivity index (χ0v) is 15.9. The Kier molecular flexibility index (Phi) is 6.18. The average molecular weight is 391 g/mol. The van der Waals surface area contributed by atoms with Crippen LogP contribution in [0.4, 0.5) is 11.4 Å². The zero-order chi connectivity index (χ0) is 19.4. The molecule has 1 amide bonds. The number of nitriles is 1. The van der Waals surface area contributed by atoms with Crippen molar-refractivity contribution >= 4 is 40.6 Å². The lowest BCUT2D eigenvalue weighted by Crippen LogP contribution is -2.14. The number of aryl methyl sites for hydroxylation is 1. The van der Waals surface area contributed by atoms with Gasteiger partial charge in [0.1, 0.15) is 16.1 Å². The lowest BCUT2D eigenvalue weighted by molar-refractivity contribution is -0.384. The molecule has 0 spiro atoms. The van der Waals surface area contributed by atoms with Gasteiger partial charge >= 0.3 is 0 Å². The molecular weight excluding hydrogens is 376 g/mol. The highest BCUT2D eigenvalue weighted by Crippen LogP contribution is 2.28. The number of anilines is 1. The predicted octanol–water partition coefficient (Wildman–Crippen LogP) is 4.17. The maximum absolute atomic E-state index is 12.1. The molecule has 2 aromatic rings. The Balaban J connectivity index is 2.12. The SMILES string of the molecule is Cc1nc(SCC(=O)Nc2ccc(Cl)c([N+](=O)[O-])c2)c(C#N)c(C)c1C. The van der Waals surface area contributed by atoms with Gasteiger partial charge in [0.2, 0.25) is 5.91 Å². The maximum atomic E-state index is 12.1. The molecule has 0 bridgehead atoms. The van der Waals surface area contributed by atoms with E-state index in [1.165, 1.54) is 18.2 Å². The number of carbonyl (C=O) groups is 1. The summed E-state index contributed by atoms with van der Waals surface area (Å²) in [5.41, 5.74) is 3.04. The normalized spacial score (nSPS) is 10.3. The van der Waals surface area contributed by atoms with Crippen molar-refractivity contribution in [2.45, 2.75) is 25.8 Å². The molecule has 0 saturated carbocycles. The molecule has 26 heavy (non-hydrogen) atoms. The number of nitro benzene ring substituents is 1. The number of pyridine rings is 1. The van der Waals surface area contributed by atoms with Gasteiger partial charge in [-0.3, -0.25) is 14.9 Å². The van der Waals surface area contributed by atoms with Crippen molar-refractivity contribution in [1.82, 2.24) is 4.98 Å². The molecule has 1 aromatic carbocycles. The van der Waals surface area contributed by atoms with E-state index >= 15 is 0 Å². The summed E-state index contributed by atoms with van der Waals surface area (Å²) in [6.07, 6.45) is 0. The Hall–Kier alpha value is -2.63. The van der Waals surface area contributed by atoms with Crippen molar-refractivity contribution in [3.05, 3.63) is 55.7 Å². The fourth-order valence-electron chi connectivity index (χ4n) is 2.21. The summed E-state index contributed by atoms with van der Waals surface area (Å²) in [6.45, 7) is 5.59. The van der Waals surface area contributed by atoms with E-state index in [0.29, 0.717) is 10.6 Å². The monoisotopic (exact) mass is 390 g/mol. The molecule has 1 aromatic heterocycles. The number of nitrogens with zero attached hydrogens (tertiary/aromatic N) is 3. The van der Waals surface area contributed by atoms with Crippen LogP contribution in [0.5, 0.6) is 0 Å². The number of benzene rings is 1. The summed E-state index contributed by atoms with van der Waals surface area (Å²) >= 11 is 6.89. The lowest BCUT2D eigenvalue weighted by Gasteiger charge is -2.11. The van der Waals surface area contributed by atoms with Crippen molar-refractivity contribution in [1.29, 1.82) is 5.26 Å². The van der Waals surface area contributed by atoms with Crippen LogP contribution in [0.1, 0.15) is 22.4 Å². The van der Waals surface area contributed by atoms with Crippen LogP contribution in [0.3, 0.4) is 0 Å².